The van der Waals surface area contributed by atoms with Crippen LogP contribution in [0.15, 0.2) is 29.2 Å². The normalized spacial score (nSPS) is 20.8. The largest absolute Gasteiger partial charge is 0.319 e. The van der Waals surface area contributed by atoms with E-state index in [0.717, 1.165) is 31.6 Å². The Bertz CT molecular complexity index is 546. The molecule has 1 aromatic rings. The van der Waals surface area contributed by atoms with Crippen LogP contribution in [0.25, 0.3) is 0 Å². The molecule has 2 N–H and O–H groups in total. The molecule has 2 fully saturated rings. The average Bonchev–Trinajstić information content (AvgIpc) is 3.24. The molecule has 2 aliphatic rings. The van der Waals surface area contributed by atoms with Crippen molar-refractivity contribution in [3.63, 3.8) is 0 Å². The van der Waals surface area contributed by atoms with E-state index in [4.69, 9.17) is 0 Å². The Morgan fingerprint density at radius 3 is 2.25 bits per heavy atom. The SMILES string of the molecule is O=S(=O)(NC1CC1)c1ccc(NN2CCCCC2)cc1. The summed E-state index contributed by atoms with van der Waals surface area (Å²) in [6.07, 6.45) is 5.62. The van der Waals surface area contributed by atoms with E-state index in [1.807, 2.05) is 12.1 Å². The van der Waals surface area contributed by atoms with E-state index >= 15 is 0 Å². The van der Waals surface area contributed by atoms with Gasteiger partial charge in [-0.3, -0.25) is 0 Å². The molecule has 1 saturated carbocycles. The smallest absolute Gasteiger partial charge is 0.240 e. The van der Waals surface area contributed by atoms with Crippen LogP contribution in [0, 0.1) is 0 Å². The van der Waals surface area contributed by atoms with E-state index in [-0.39, 0.29) is 6.04 Å². The van der Waals surface area contributed by atoms with Gasteiger partial charge in [-0.05, 0) is 49.9 Å². The van der Waals surface area contributed by atoms with Gasteiger partial charge in [-0.2, -0.15) is 0 Å². The number of sulfonamides is 1. The maximum absolute atomic E-state index is 12.0. The molecule has 1 aliphatic heterocycles. The maximum Gasteiger partial charge on any atom is 0.240 e. The van der Waals surface area contributed by atoms with Gasteiger partial charge in [0.2, 0.25) is 10.0 Å². The zero-order chi connectivity index (χ0) is 14.0. The third-order valence-corrected chi connectivity index (χ3v) is 5.24. The number of nitrogens with zero attached hydrogens (tertiary/aromatic N) is 1. The molecule has 1 aliphatic carbocycles. The van der Waals surface area contributed by atoms with Crippen molar-refractivity contribution in [2.24, 2.45) is 0 Å². The highest BCUT2D eigenvalue weighted by molar-refractivity contribution is 7.89. The molecule has 1 heterocycles. The first-order valence-corrected chi connectivity index (χ1v) is 8.76. The van der Waals surface area contributed by atoms with E-state index in [1.54, 1.807) is 12.1 Å². The van der Waals surface area contributed by atoms with Crippen molar-refractivity contribution in [1.29, 1.82) is 0 Å². The number of hydrazine groups is 1. The van der Waals surface area contributed by atoms with Crippen LogP contribution in [-0.2, 0) is 10.0 Å². The topological polar surface area (TPSA) is 61.4 Å². The molecular weight excluding hydrogens is 274 g/mol. The molecule has 5 nitrogen and oxygen atoms in total. The molecule has 0 aromatic heterocycles. The lowest BCUT2D eigenvalue weighted by molar-refractivity contribution is 0.273. The van der Waals surface area contributed by atoms with Crippen LogP contribution < -0.4 is 10.1 Å². The van der Waals surface area contributed by atoms with Crippen molar-refractivity contribution in [3.8, 4) is 0 Å². The zero-order valence-electron chi connectivity index (χ0n) is 11.5. The van der Waals surface area contributed by atoms with Crippen molar-refractivity contribution in [2.75, 3.05) is 18.5 Å². The summed E-state index contributed by atoms with van der Waals surface area (Å²) in [7, 11) is -3.34. The Morgan fingerprint density at radius 2 is 1.65 bits per heavy atom. The summed E-state index contributed by atoms with van der Waals surface area (Å²) in [5, 5.41) is 2.19. The molecule has 20 heavy (non-hydrogen) atoms. The number of nitrogens with one attached hydrogen (secondary N) is 2. The molecule has 0 radical (unpaired) electrons. The molecule has 110 valence electrons. The molecule has 6 heteroatoms. The second-order valence-corrected chi connectivity index (χ2v) is 7.29. The molecule has 1 saturated heterocycles. The summed E-state index contributed by atoms with van der Waals surface area (Å²) >= 11 is 0. The Balaban J connectivity index is 1.64. The lowest BCUT2D eigenvalue weighted by atomic mass is 10.2. The third-order valence-electron chi connectivity index (χ3n) is 3.71. The first kappa shape index (κ1) is 13.9. The van der Waals surface area contributed by atoms with E-state index in [0.29, 0.717) is 4.90 Å². The fraction of sp³-hybridized carbons (Fsp3) is 0.571. The van der Waals surface area contributed by atoms with Crippen LogP contribution in [0.3, 0.4) is 0 Å². The van der Waals surface area contributed by atoms with Gasteiger partial charge in [0, 0.05) is 24.8 Å². The fourth-order valence-electron chi connectivity index (χ4n) is 2.39. The van der Waals surface area contributed by atoms with E-state index in [9.17, 15) is 8.42 Å². The summed E-state index contributed by atoms with van der Waals surface area (Å²) < 4.78 is 26.8. The minimum Gasteiger partial charge on any atom is -0.319 e. The second kappa shape index (κ2) is 5.71. The van der Waals surface area contributed by atoms with Crippen molar-refractivity contribution < 1.29 is 8.42 Å². The van der Waals surface area contributed by atoms with E-state index in [2.05, 4.69) is 15.2 Å². The summed E-state index contributed by atoms with van der Waals surface area (Å²) in [5.41, 5.74) is 4.27. The zero-order valence-corrected chi connectivity index (χ0v) is 12.3. The highest BCUT2D eigenvalue weighted by Crippen LogP contribution is 2.23. The van der Waals surface area contributed by atoms with E-state index < -0.39 is 10.0 Å². The number of piperidine rings is 1. The third kappa shape index (κ3) is 3.50. The Morgan fingerprint density at radius 1 is 1.00 bits per heavy atom. The predicted octanol–water partition coefficient (Wildman–Crippen LogP) is 1.94. The molecule has 0 unspecified atom stereocenters. The minimum absolute atomic E-state index is 0.145. The number of benzene rings is 1. The van der Waals surface area contributed by atoms with Crippen molar-refractivity contribution in [3.05, 3.63) is 24.3 Å². The van der Waals surface area contributed by atoms with Gasteiger partial charge in [0.15, 0.2) is 0 Å². The highest BCUT2D eigenvalue weighted by atomic mass is 32.2. The van der Waals surface area contributed by atoms with Crippen LogP contribution in [0.1, 0.15) is 32.1 Å². The van der Waals surface area contributed by atoms with Gasteiger partial charge in [0.25, 0.3) is 0 Å². The Kier molecular flexibility index (Phi) is 3.96. The molecule has 0 spiro atoms. The maximum atomic E-state index is 12.0. The first-order valence-electron chi connectivity index (χ1n) is 7.27. The highest BCUT2D eigenvalue weighted by Gasteiger charge is 2.27. The first-order chi connectivity index (χ1) is 9.63. The number of anilines is 1. The molecule has 1 aromatic carbocycles. The van der Waals surface area contributed by atoms with Crippen LogP contribution in [-0.4, -0.2) is 32.6 Å². The molecule has 0 atom stereocenters. The number of hydrogen-bond donors (Lipinski definition) is 2. The van der Waals surface area contributed by atoms with Gasteiger partial charge in [-0.25, -0.2) is 18.1 Å². The van der Waals surface area contributed by atoms with E-state index in [1.165, 1.54) is 19.3 Å². The lowest BCUT2D eigenvalue weighted by Gasteiger charge is -2.27. The summed E-state index contributed by atoms with van der Waals surface area (Å²) in [6.45, 7) is 2.09. The Labute approximate surface area is 120 Å². The summed E-state index contributed by atoms with van der Waals surface area (Å²) in [6, 6.07) is 7.13. The van der Waals surface area contributed by atoms with Crippen LogP contribution in [0.2, 0.25) is 0 Å². The second-order valence-electron chi connectivity index (χ2n) is 5.58. The molecule has 0 amide bonds. The average molecular weight is 295 g/mol. The van der Waals surface area contributed by atoms with Gasteiger partial charge in [-0.15, -0.1) is 0 Å². The van der Waals surface area contributed by atoms with Crippen LogP contribution >= 0.6 is 0 Å². The van der Waals surface area contributed by atoms with Gasteiger partial charge in [0.05, 0.1) is 4.90 Å². The Hall–Kier alpha value is -1.11. The van der Waals surface area contributed by atoms with Crippen molar-refractivity contribution in [1.82, 2.24) is 9.73 Å². The van der Waals surface area contributed by atoms with Gasteiger partial charge in [-0.1, -0.05) is 6.42 Å². The van der Waals surface area contributed by atoms with Crippen molar-refractivity contribution in [2.45, 2.75) is 43.0 Å². The van der Waals surface area contributed by atoms with Crippen LogP contribution in [0.5, 0.6) is 0 Å². The summed E-state index contributed by atoms with van der Waals surface area (Å²) in [5.74, 6) is 0. The monoisotopic (exact) mass is 295 g/mol. The van der Waals surface area contributed by atoms with Gasteiger partial charge in [0.1, 0.15) is 0 Å². The summed E-state index contributed by atoms with van der Waals surface area (Å²) in [4.78, 5) is 0.341. The number of rotatable bonds is 5. The van der Waals surface area contributed by atoms with Gasteiger partial charge < -0.3 is 5.43 Å². The predicted molar refractivity (Wildman–Crippen MR) is 78.8 cm³/mol. The van der Waals surface area contributed by atoms with Crippen molar-refractivity contribution >= 4 is 15.7 Å². The van der Waals surface area contributed by atoms with Crippen LogP contribution in [0.4, 0.5) is 5.69 Å². The fourth-order valence-corrected chi connectivity index (χ4v) is 3.69. The molecule has 3 rings (SSSR count). The minimum atomic E-state index is -3.34. The quantitative estimate of drug-likeness (QED) is 0.871. The number of hydrogen-bond acceptors (Lipinski definition) is 4. The lowest BCUT2D eigenvalue weighted by Crippen LogP contribution is -2.34. The molecular formula is C14H21N3O2S. The standard InChI is InChI=1S/C14H21N3O2S/c18-20(19,16-13-4-5-13)14-8-6-12(7-9-14)15-17-10-2-1-3-11-17/h6-9,13,15-16H,1-5,10-11H2. The molecule has 0 bridgehead atoms. The van der Waals surface area contributed by atoms with Gasteiger partial charge >= 0.3 is 0 Å².